The van der Waals surface area contributed by atoms with Crippen molar-refractivity contribution in [2.24, 2.45) is 4.99 Å². The fraction of sp³-hybridized carbons (Fsp3) is 0.450. The van der Waals surface area contributed by atoms with Gasteiger partial charge in [0.1, 0.15) is 0 Å². The Morgan fingerprint density at radius 3 is 2.86 bits per heavy atom. The minimum Gasteiger partial charge on any atom is -0.350 e. The summed E-state index contributed by atoms with van der Waals surface area (Å²) >= 11 is 5.85. The standard InChI is InChI=1S/C20H22ClN3O3S2/c21-14-3-6-18-17(10-14)24-20(28-18)12-1-4-15(5-2-12)23-19(25)13-7-8-22-16(9-13)11-29(26)27/h3,6,9-10,12,15H,1-2,4-5,7-8,11H2,(H,23,25)(H,26,27). The van der Waals surface area contributed by atoms with Crippen molar-refractivity contribution in [3.8, 4) is 0 Å². The molecule has 1 aromatic carbocycles. The Morgan fingerprint density at radius 1 is 1.31 bits per heavy atom. The van der Waals surface area contributed by atoms with Crippen molar-refractivity contribution in [1.29, 1.82) is 0 Å². The van der Waals surface area contributed by atoms with E-state index in [9.17, 15) is 9.00 Å². The highest BCUT2D eigenvalue weighted by atomic mass is 35.5. The van der Waals surface area contributed by atoms with E-state index in [0.717, 1.165) is 40.9 Å². The molecule has 2 aliphatic rings. The topological polar surface area (TPSA) is 91.7 Å². The first-order valence-electron chi connectivity index (χ1n) is 9.66. The molecule has 1 saturated carbocycles. The van der Waals surface area contributed by atoms with Crippen LogP contribution in [0.15, 0.2) is 34.8 Å². The third-order valence-electron chi connectivity index (χ3n) is 5.38. The van der Waals surface area contributed by atoms with Gasteiger partial charge in [-0.1, -0.05) is 11.6 Å². The summed E-state index contributed by atoms with van der Waals surface area (Å²) in [5.41, 5.74) is 2.12. The average Bonchev–Trinajstić information content (AvgIpc) is 3.11. The normalized spacial score (nSPS) is 23.4. The van der Waals surface area contributed by atoms with Gasteiger partial charge in [-0.2, -0.15) is 0 Å². The number of aliphatic imine (C=N–C) groups is 1. The van der Waals surface area contributed by atoms with Crippen molar-refractivity contribution in [3.63, 3.8) is 0 Å². The summed E-state index contributed by atoms with van der Waals surface area (Å²) in [6.45, 7) is 0.486. The predicted octanol–water partition coefficient (Wildman–Crippen LogP) is 4.08. The monoisotopic (exact) mass is 451 g/mol. The van der Waals surface area contributed by atoms with Gasteiger partial charge in [0.15, 0.2) is 11.1 Å². The zero-order valence-corrected chi connectivity index (χ0v) is 18.2. The molecule has 1 unspecified atom stereocenters. The number of allylic oxidation sites excluding steroid dienone is 1. The maximum atomic E-state index is 12.6. The highest BCUT2D eigenvalue weighted by molar-refractivity contribution is 7.80. The van der Waals surface area contributed by atoms with Crippen LogP contribution in [0.3, 0.4) is 0 Å². The minimum absolute atomic E-state index is 0.0325. The van der Waals surface area contributed by atoms with Crippen LogP contribution in [-0.2, 0) is 15.9 Å². The van der Waals surface area contributed by atoms with Crippen LogP contribution in [-0.4, -0.2) is 43.7 Å². The Kier molecular flexibility index (Phi) is 6.44. The van der Waals surface area contributed by atoms with E-state index in [1.54, 1.807) is 17.4 Å². The molecule has 1 amide bonds. The van der Waals surface area contributed by atoms with Gasteiger partial charge in [-0.3, -0.25) is 9.79 Å². The van der Waals surface area contributed by atoms with E-state index in [-0.39, 0.29) is 17.7 Å². The number of amides is 1. The van der Waals surface area contributed by atoms with Gasteiger partial charge in [0, 0.05) is 29.1 Å². The van der Waals surface area contributed by atoms with Crippen molar-refractivity contribution in [1.82, 2.24) is 10.3 Å². The molecule has 2 N–H and O–H groups in total. The third-order valence-corrected chi connectivity index (χ3v) is 7.35. The molecule has 0 radical (unpaired) electrons. The summed E-state index contributed by atoms with van der Waals surface area (Å²) < 4.78 is 21.1. The van der Waals surface area contributed by atoms with Gasteiger partial charge >= 0.3 is 0 Å². The summed E-state index contributed by atoms with van der Waals surface area (Å²) in [6, 6.07) is 5.97. The first-order valence-corrected chi connectivity index (χ1v) is 12.1. The van der Waals surface area contributed by atoms with E-state index < -0.39 is 11.1 Å². The molecular weight excluding hydrogens is 430 g/mol. The van der Waals surface area contributed by atoms with Crippen LogP contribution in [0.25, 0.3) is 10.2 Å². The van der Waals surface area contributed by atoms with Crippen molar-refractivity contribution in [2.75, 3.05) is 12.3 Å². The second-order valence-corrected chi connectivity index (χ2v) is 9.87. The third kappa shape index (κ3) is 5.12. The van der Waals surface area contributed by atoms with Crippen molar-refractivity contribution in [3.05, 3.63) is 39.9 Å². The van der Waals surface area contributed by atoms with Crippen LogP contribution in [0, 0.1) is 0 Å². The molecule has 4 rings (SSSR count). The number of carbonyl (C=O) groups excluding carboxylic acids is 1. The van der Waals surface area contributed by atoms with Crippen molar-refractivity contribution in [2.45, 2.75) is 44.1 Å². The molecule has 9 heteroatoms. The number of nitrogens with one attached hydrogen (secondary N) is 1. The summed E-state index contributed by atoms with van der Waals surface area (Å²) in [7, 11) is 0. The molecule has 1 atom stereocenters. The number of halogens is 1. The van der Waals surface area contributed by atoms with Gasteiger partial charge in [-0.15, -0.1) is 11.3 Å². The van der Waals surface area contributed by atoms with E-state index in [2.05, 4.69) is 10.3 Å². The molecule has 0 bridgehead atoms. The summed E-state index contributed by atoms with van der Waals surface area (Å²) in [6.07, 6.45) is 6.05. The maximum Gasteiger partial charge on any atom is 0.247 e. The van der Waals surface area contributed by atoms with Crippen LogP contribution < -0.4 is 5.32 Å². The molecular formula is C20H22ClN3O3S2. The number of aromatic nitrogens is 1. The van der Waals surface area contributed by atoms with E-state index in [0.29, 0.717) is 35.2 Å². The number of benzene rings is 1. The summed E-state index contributed by atoms with van der Waals surface area (Å²) in [5.74, 6) is 0.306. The number of dihydropyridines is 1. The molecule has 0 saturated heterocycles. The predicted molar refractivity (Wildman–Crippen MR) is 118 cm³/mol. The van der Waals surface area contributed by atoms with E-state index in [4.69, 9.17) is 21.1 Å². The molecule has 1 aliphatic heterocycles. The smallest absolute Gasteiger partial charge is 0.247 e. The second-order valence-electron chi connectivity index (χ2n) is 7.44. The fourth-order valence-electron chi connectivity index (χ4n) is 3.89. The molecule has 29 heavy (non-hydrogen) atoms. The zero-order valence-electron chi connectivity index (χ0n) is 15.8. The number of fused-ring (bicyclic) bond motifs is 1. The molecule has 1 aromatic heterocycles. The first kappa shape index (κ1) is 20.7. The molecule has 6 nitrogen and oxygen atoms in total. The van der Waals surface area contributed by atoms with Gasteiger partial charge in [0.25, 0.3) is 0 Å². The fourth-order valence-corrected chi connectivity index (χ4v) is 5.60. The van der Waals surface area contributed by atoms with E-state index in [1.165, 1.54) is 0 Å². The highest BCUT2D eigenvalue weighted by Gasteiger charge is 2.26. The lowest BCUT2D eigenvalue weighted by Crippen LogP contribution is -2.38. The van der Waals surface area contributed by atoms with Crippen LogP contribution >= 0.6 is 22.9 Å². The van der Waals surface area contributed by atoms with Crippen molar-refractivity contribution >= 4 is 55.9 Å². The molecule has 1 fully saturated rings. The first-order chi connectivity index (χ1) is 14.0. The minimum atomic E-state index is -1.95. The van der Waals surface area contributed by atoms with Gasteiger partial charge < -0.3 is 9.87 Å². The SMILES string of the molecule is O=C(NC1CCC(c2nc3cc(Cl)ccc3s2)CC1)C1=CC(CS(=O)O)=NCC1. The summed E-state index contributed by atoms with van der Waals surface area (Å²) in [5, 5.41) is 4.99. The van der Waals surface area contributed by atoms with Gasteiger partial charge in [-0.05, 0) is 56.4 Å². The largest absolute Gasteiger partial charge is 0.350 e. The Morgan fingerprint density at radius 2 is 2.10 bits per heavy atom. The lowest BCUT2D eigenvalue weighted by molar-refractivity contribution is -0.118. The number of rotatable bonds is 5. The van der Waals surface area contributed by atoms with Gasteiger partial charge in [0.2, 0.25) is 5.91 Å². The lowest BCUT2D eigenvalue weighted by atomic mass is 9.86. The Labute approximate surface area is 180 Å². The maximum absolute atomic E-state index is 12.6. The quantitative estimate of drug-likeness (QED) is 0.670. The summed E-state index contributed by atoms with van der Waals surface area (Å²) in [4.78, 5) is 21.6. The van der Waals surface area contributed by atoms with Gasteiger partial charge in [0.05, 0.1) is 26.7 Å². The number of hydrogen-bond donors (Lipinski definition) is 2. The number of hydrogen-bond acceptors (Lipinski definition) is 5. The van der Waals surface area contributed by atoms with Crippen LogP contribution in [0.1, 0.15) is 43.0 Å². The van der Waals surface area contributed by atoms with Crippen LogP contribution in [0.4, 0.5) is 0 Å². The number of carbonyl (C=O) groups is 1. The lowest BCUT2D eigenvalue weighted by Gasteiger charge is -2.28. The van der Waals surface area contributed by atoms with E-state index in [1.807, 2.05) is 18.2 Å². The van der Waals surface area contributed by atoms with E-state index >= 15 is 0 Å². The molecule has 2 heterocycles. The number of nitrogens with zero attached hydrogens (tertiary/aromatic N) is 2. The van der Waals surface area contributed by atoms with Gasteiger partial charge in [-0.25, -0.2) is 9.19 Å². The second kappa shape index (κ2) is 9.04. The Hall–Kier alpha value is -1.61. The van der Waals surface area contributed by atoms with Crippen LogP contribution in [0.5, 0.6) is 0 Å². The zero-order chi connectivity index (χ0) is 20.4. The molecule has 1 aliphatic carbocycles. The highest BCUT2D eigenvalue weighted by Crippen LogP contribution is 2.37. The molecule has 0 spiro atoms. The Bertz CT molecular complexity index is 1010. The number of thiazole rings is 1. The molecule has 154 valence electrons. The van der Waals surface area contributed by atoms with Crippen molar-refractivity contribution < 1.29 is 13.6 Å². The Balaban J connectivity index is 1.33. The average molecular weight is 452 g/mol. The van der Waals surface area contributed by atoms with Crippen LogP contribution in [0.2, 0.25) is 5.02 Å². The molecule has 2 aromatic rings.